The molecule has 186 valence electrons. The van der Waals surface area contributed by atoms with E-state index >= 15 is 0 Å². The Balaban J connectivity index is 1.32. The molecule has 0 aromatic heterocycles. The lowest BCUT2D eigenvalue weighted by molar-refractivity contribution is -0.117. The zero-order valence-electron chi connectivity index (χ0n) is 20.5. The predicted molar refractivity (Wildman–Crippen MR) is 137 cm³/mol. The van der Waals surface area contributed by atoms with Gasteiger partial charge in [-0.25, -0.2) is 4.79 Å². The first kappa shape index (κ1) is 25.2. The molecule has 4 rings (SSSR count). The lowest BCUT2D eigenvalue weighted by Crippen LogP contribution is -2.35. The van der Waals surface area contributed by atoms with Crippen molar-refractivity contribution < 1.29 is 19.1 Å². The van der Waals surface area contributed by atoms with Gasteiger partial charge in [0, 0.05) is 36.6 Å². The van der Waals surface area contributed by atoms with Crippen LogP contribution in [0.4, 0.5) is 10.5 Å². The third kappa shape index (κ3) is 6.04. The van der Waals surface area contributed by atoms with Gasteiger partial charge in [-0.05, 0) is 80.8 Å². The molecule has 0 aliphatic carbocycles. The van der Waals surface area contributed by atoms with Crippen LogP contribution in [0.15, 0.2) is 36.4 Å². The lowest BCUT2D eigenvalue weighted by atomic mass is 9.94. The van der Waals surface area contributed by atoms with E-state index in [1.807, 2.05) is 55.1 Å². The second kappa shape index (κ2) is 11.3. The first-order chi connectivity index (χ1) is 16.8. The molecule has 2 amide bonds. The summed E-state index contributed by atoms with van der Waals surface area (Å²) >= 11 is 6.27. The lowest BCUT2D eigenvalue weighted by Gasteiger charge is -2.26. The molecule has 0 radical (unpaired) electrons. The van der Waals surface area contributed by atoms with Crippen LogP contribution in [0, 0.1) is 0 Å². The molecule has 35 heavy (non-hydrogen) atoms. The van der Waals surface area contributed by atoms with E-state index in [1.54, 1.807) is 4.90 Å². The van der Waals surface area contributed by atoms with Gasteiger partial charge in [-0.1, -0.05) is 29.8 Å². The summed E-state index contributed by atoms with van der Waals surface area (Å²) in [7, 11) is 0. The average Bonchev–Trinajstić information content (AvgIpc) is 3.15. The SMILES string of the molecule is CC(C)OC(=O)N(CCCCC(=O)c1cc2c3c(c1)CC(=O)N3CCC2)CCc1ccccc1Cl. The fourth-order valence-corrected chi connectivity index (χ4v) is 5.13. The van der Waals surface area contributed by atoms with Crippen molar-refractivity contribution in [3.63, 3.8) is 0 Å². The van der Waals surface area contributed by atoms with E-state index in [1.165, 1.54) is 0 Å². The van der Waals surface area contributed by atoms with E-state index in [0.29, 0.717) is 55.8 Å². The van der Waals surface area contributed by atoms with Gasteiger partial charge < -0.3 is 14.5 Å². The Morgan fingerprint density at radius 1 is 1.11 bits per heavy atom. The predicted octanol–water partition coefficient (Wildman–Crippen LogP) is 5.62. The Morgan fingerprint density at radius 3 is 2.66 bits per heavy atom. The number of hydrogen-bond donors (Lipinski definition) is 0. The number of carbonyl (C=O) groups is 3. The summed E-state index contributed by atoms with van der Waals surface area (Å²) in [5.41, 5.74) is 4.83. The normalized spacial score (nSPS) is 14.3. The molecule has 2 aromatic carbocycles. The van der Waals surface area contributed by atoms with E-state index in [0.717, 1.165) is 41.8 Å². The fourth-order valence-electron chi connectivity index (χ4n) is 4.90. The molecule has 7 heteroatoms. The molecule has 0 atom stereocenters. The molecule has 0 bridgehead atoms. The number of anilines is 1. The van der Waals surface area contributed by atoms with Crippen LogP contribution in [0.3, 0.4) is 0 Å². The van der Waals surface area contributed by atoms with Gasteiger partial charge in [0.25, 0.3) is 0 Å². The largest absolute Gasteiger partial charge is 0.447 e. The average molecular weight is 497 g/mol. The van der Waals surface area contributed by atoms with Crippen LogP contribution >= 0.6 is 11.6 Å². The minimum atomic E-state index is -0.342. The fraction of sp³-hybridized carbons (Fsp3) is 0.464. The summed E-state index contributed by atoms with van der Waals surface area (Å²) in [6.07, 6.45) is 4.12. The second-order valence-electron chi connectivity index (χ2n) is 9.61. The molecule has 0 fully saturated rings. The highest BCUT2D eigenvalue weighted by atomic mass is 35.5. The molecule has 0 saturated carbocycles. The zero-order valence-corrected chi connectivity index (χ0v) is 21.3. The number of amides is 2. The maximum Gasteiger partial charge on any atom is 0.410 e. The number of unbranched alkanes of at least 4 members (excludes halogenated alkanes) is 1. The number of ether oxygens (including phenoxy) is 1. The summed E-state index contributed by atoms with van der Waals surface area (Å²) in [5.74, 6) is 0.226. The maximum absolute atomic E-state index is 12.9. The Bertz CT molecular complexity index is 1110. The highest BCUT2D eigenvalue weighted by Crippen LogP contribution is 2.37. The number of nitrogens with zero attached hydrogens (tertiary/aromatic N) is 2. The van der Waals surface area contributed by atoms with Gasteiger partial charge in [0.1, 0.15) is 0 Å². The summed E-state index contributed by atoms with van der Waals surface area (Å²) in [4.78, 5) is 41.4. The molecule has 0 unspecified atom stereocenters. The van der Waals surface area contributed by atoms with E-state index in [9.17, 15) is 14.4 Å². The molecule has 0 N–H and O–H groups in total. The van der Waals surface area contributed by atoms with Gasteiger partial charge in [0.05, 0.1) is 18.2 Å². The molecular weight excluding hydrogens is 464 g/mol. The van der Waals surface area contributed by atoms with Crippen molar-refractivity contribution in [2.45, 2.75) is 64.9 Å². The number of halogens is 1. The highest BCUT2D eigenvalue weighted by molar-refractivity contribution is 6.31. The van der Waals surface area contributed by atoms with Crippen LogP contribution in [0.25, 0.3) is 0 Å². The number of hydrogen-bond acceptors (Lipinski definition) is 4. The zero-order chi connectivity index (χ0) is 24.9. The Hall–Kier alpha value is -2.86. The van der Waals surface area contributed by atoms with Gasteiger partial charge in [0.2, 0.25) is 5.91 Å². The Kier molecular flexibility index (Phi) is 8.11. The van der Waals surface area contributed by atoms with Crippen molar-refractivity contribution in [3.8, 4) is 0 Å². The monoisotopic (exact) mass is 496 g/mol. The van der Waals surface area contributed by atoms with Gasteiger partial charge in [-0.2, -0.15) is 0 Å². The van der Waals surface area contributed by atoms with Crippen LogP contribution in [0.5, 0.6) is 0 Å². The molecule has 6 nitrogen and oxygen atoms in total. The smallest absolute Gasteiger partial charge is 0.410 e. The van der Waals surface area contributed by atoms with Crippen molar-refractivity contribution >= 4 is 35.1 Å². The summed E-state index contributed by atoms with van der Waals surface area (Å²) in [6.45, 7) is 5.46. The summed E-state index contributed by atoms with van der Waals surface area (Å²) in [5, 5.41) is 0.688. The molecular formula is C28H33ClN2O4. The first-order valence-corrected chi connectivity index (χ1v) is 12.9. The highest BCUT2D eigenvalue weighted by Gasteiger charge is 2.32. The molecule has 0 spiro atoms. The van der Waals surface area contributed by atoms with Crippen LogP contribution in [0.2, 0.25) is 5.02 Å². The van der Waals surface area contributed by atoms with E-state index in [2.05, 4.69) is 0 Å². The maximum atomic E-state index is 12.9. The van der Waals surface area contributed by atoms with Crippen LogP contribution < -0.4 is 4.90 Å². The number of Topliss-reactive ketones (excluding diaryl/α,β-unsaturated/α-hetero) is 1. The molecule has 0 saturated heterocycles. The number of rotatable bonds is 10. The number of benzene rings is 2. The van der Waals surface area contributed by atoms with Gasteiger partial charge in [-0.15, -0.1) is 0 Å². The van der Waals surface area contributed by atoms with Crippen LogP contribution in [-0.4, -0.2) is 48.4 Å². The summed E-state index contributed by atoms with van der Waals surface area (Å²) in [6, 6.07) is 11.5. The summed E-state index contributed by atoms with van der Waals surface area (Å²) < 4.78 is 5.43. The third-order valence-electron chi connectivity index (χ3n) is 6.62. The topological polar surface area (TPSA) is 66.9 Å². The number of carbonyl (C=O) groups excluding carboxylic acids is 3. The van der Waals surface area contributed by atoms with Crippen molar-refractivity contribution in [2.75, 3.05) is 24.5 Å². The Morgan fingerprint density at radius 2 is 1.89 bits per heavy atom. The minimum absolute atomic E-state index is 0.0906. The molecule has 2 heterocycles. The van der Waals surface area contributed by atoms with E-state index in [4.69, 9.17) is 16.3 Å². The van der Waals surface area contributed by atoms with Crippen molar-refractivity contribution in [3.05, 3.63) is 63.7 Å². The van der Waals surface area contributed by atoms with Crippen LogP contribution in [0.1, 0.15) is 66.6 Å². The van der Waals surface area contributed by atoms with E-state index < -0.39 is 0 Å². The second-order valence-corrected chi connectivity index (χ2v) is 10.0. The quantitative estimate of drug-likeness (QED) is 0.316. The number of aryl methyl sites for hydroxylation is 1. The minimum Gasteiger partial charge on any atom is -0.447 e. The van der Waals surface area contributed by atoms with Crippen molar-refractivity contribution in [1.82, 2.24) is 4.90 Å². The van der Waals surface area contributed by atoms with Gasteiger partial charge in [-0.3, -0.25) is 9.59 Å². The van der Waals surface area contributed by atoms with Gasteiger partial charge in [0.15, 0.2) is 5.78 Å². The standard InChI is InChI=1S/C28H33ClN2O4/c1-19(2)35-28(34)30(15-12-20-8-3-4-10-24(20)29)13-6-5-11-25(32)22-16-21-9-7-14-31-26(33)18-23(17-22)27(21)31/h3-4,8,10,16-17,19H,5-7,9,11-15,18H2,1-2H3. The third-order valence-corrected chi connectivity index (χ3v) is 6.98. The van der Waals surface area contributed by atoms with Crippen LogP contribution in [-0.2, 0) is 28.8 Å². The molecule has 2 aromatic rings. The van der Waals surface area contributed by atoms with Crippen molar-refractivity contribution in [1.29, 1.82) is 0 Å². The number of ketones is 1. The van der Waals surface area contributed by atoms with Crippen molar-refractivity contribution in [2.24, 2.45) is 0 Å². The molecule has 2 aliphatic rings. The molecule has 2 aliphatic heterocycles. The van der Waals surface area contributed by atoms with Gasteiger partial charge >= 0.3 is 6.09 Å². The first-order valence-electron chi connectivity index (χ1n) is 12.5. The van der Waals surface area contributed by atoms with E-state index in [-0.39, 0.29) is 23.9 Å². The Labute approximate surface area is 212 Å².